The lowest BCUT2D eigenvalue weighted by Crippen LogP contribution is -2.45. The van der Waals surface area contributed by atoms with E-state index < -0.39 is 4.92 Å². The van der Waals surface area contributed by atoms with Crippen molar-refractivity contribution < 1.29 is 14.5 Å². The van der Waals surface area contributed by atoms with Gasteiger partial charge in [-0.2, -0.15) is 0 Å². The molecule has 1 heterocycles. The number of hydrogen-bond acceptors (Lipinski definition) is 5. The number of rotatable bonds is 6. The molecule has 1 aliphatic heterocycles. The number of nitrogens with zero attached hydrogens (tertiary/aromatic N) is 2. The van der Waals surface area contributed by atoms with Crippen LogP contribution in [0.5, 0.6) is 5.75 Å². The zero-order valence-electron chi connectivity index (χ0n) is 14.3. The Bertz CT molecular complexity index is 628. The van der Waals surface area contributed by atoms with Gasteiger partial charge in [0.15, 0.2) is 0 Å². The molecule has 1 N–H and O–H groups in total. The number of benzene rings is 1. The molecule has 1 saturated heterocycles. The summed E-state index contributed by atoms with van der Waals surface area (Å²) in [5.41, 5.74) is 0.163. The molecule has 0 spiro atoms. The second-order valence-corrected chi connectivity index (χ2v) is 6.56. The van der Waals surface area contributed by atoms with Crippen LogP contribution in [0.15, 0.2) is 18.2 Å². The smallest absolute Gasteiger partial charge is 0.270 e. The molecule has 1 aromatic carbocycles. The Kier molecular flexibility index (Phi) is 6.61. The quantitative estimate of drug-likeness (QED) is 0.615. The Morgan fingerprint density at radius 3 is 2.56 bits per heavy atom. The summed E-state index contributed by atoms with van der Waals surface area (Å²) < 4.78 is 5.20. The maximum atomic E-state index is 12.7. The summed E-state index contributed by atoms with van der Waals surface area (Å²) in [4.78, 5) is 25.0. The molecule has 1 aliphatic carbocycles. The van der Waals surface area contributed by atoms with E-state index in [4.69, 9.17) is 4.74 Å². The van der Waals surface area contributed by atoms with Crippen molar-refractivity contribution in [2.45, 2.75) is 31.7 Å². The van der Waals surface area contributed by atoms with Gasteiger partial charge in [0.05, 0.1) is 17.6 Å². The van der Waals surface area contributed by atoms with E-state index in [2.05, 4.69) is 5.32 Å². The molecule has 3 rings (SSSR count). The van der Waals surface area contributed by atoms with Crippen molar-refractivity contribution in [1.29, 1.82) is 0 Å². The highest BCUT2D eigenvalue weighted by atomic mass is 35.5. The normalized spacial score (nSPS) is 17.7. The third kappa shape index (κ3) is 4.83. The molecule has 8 heteroatoms. The van der Waals surface area contributed by atoms with E-state index in [1.165, 1.54) is 38.2 Å². The van der Waals surface area contributed by atoms with Crippen LogP contribution >= 0.6 is 12.4 Å². The van der Waals surface area contributed by atoms with Gasteiger partial charge in [-0.05, 0) is 44.2 Å². The van der Waals surface area contributed by atoms with E-state index >= 15 is 0 Å². The summed E-state index contributed by atoms with van der Waals surface area (Å²) in [7, 11) is 1.46. The van der Waals surface area contributed by atoms with Gasteiger partial charge in [-0.25, -0.2) is 0 Å². The third-order valence-electron chi connectivity index (χ3n) is 4.80. The SMILES string of the molecule is COc1ccc([N+](=O)[O-])cc1C(=O)N1CCC(NCC2CC2)CC1.Cl. The maximum absolute atomic E-state index is 12.7. The molecule has 1 amide bonds. The fourth-order valence-corrected chi connectivity index (χ4v) is 3.09. The number of amides is 1. The van der Waals surface area contributed by atoms with E-state index in [1.54, 1.807) is 4.90 Å². The predicted molar refractivity (Wildman–Crippen MR) is 96.5 cm³/mol. The molecular weight excluding hydrogens is 346 g/mol. The summed E-state index contributed by atoms with van der Waals surface area (Å²) in [6.07, 6.45) is 4.49. The lowest BCUT2D eigenvalue weighted by molar-refractivity contribution is -0.384. The van der Waals surface area contributed by atoms with Crippen LogP contribution < -0.4 is 10.1 Å². The number of non-ortho nitro benzene ring substituents is 1. The van der Waals surface area contributed by atoms with Crippen LogP contribution in [-0.2, 0) is 0 Å². The van der Waals surface area contributed by atoms with Gasteiger partial charge in [-0.3, -0.25) is 14.9 Å². The highest BCUT2D eigenvalue weighted by molar-refractivity contribution is 5.97. The fourth-order valence-electron chi connectivity index (χ4n) is 3.09. The molecule has 2 aliphatic rings. The van der Waals surface area contributed by atoms with Gasteiger partial charge in [0.25, 0.3) is 11.6 Å². The summed E-state index contributed by atoms with van der Waals surface area (Å²) in [6.45, 7) is 2.40. The third-order valence-corrected chi connectivity index (χ3v) is 4.80. The average molecular weight is 370 g/mol. The largest absolute Gasteiger partial charge is 0.496 e. The lowest BCUT2D eigenvalue weighted by Gasteiger charge is -2.32. The van der Waals surface area contributed by atoms with Gasteiger partial charge in [-0.15, -0.1) is 12.4 Å². The van der Waals surface area contributed by atoms with Crippen molar-refractivity contribution in [3.05, 3.63) is 33.9 Å². The van der Waals surface area contributed by atoms with Crippen LogP contribution in [0, 0.1) is 16.0 Å². The van der Waals surface area contributed by atoms with Crippen molar-refractivity contribution in [3.63, 3.8) is 0 Å². The number of hydrogen-bond donors (Lipinski definition) is 1. The molecule has 0 unspecified atom stereocenters. The highest BCUT2D eigenvalue weighted by Crippen LogP contribution is 2.29. The fraction of sp³-hybridized carbons (Fsp3) is 0.588. The minimum absolute atomic E-state index is 0. The first-order valence-electron chi connectivity index (χ1n) is 8.43. The Hall–Kier alpha value is -1.86. The van der Waals surface area contributed by atoms with Crippen molar-refractivity contribution in [2.75, 3.05) is 26.7 Å². The second kappa shape index (κ2) is 8.49. The average Bonchev–Trinajstić information content (AvgIpc) is 3.43. The molecule has 0 atom stereocenters. The molecule has 7 nitrogen and oxygen atoms in total. The first-order chi connectivity index (χ1) is 11.6. The number of methoxy groups -OCH3 is 1. The van der Waals surface area contributed by atoms with E-state index in [-0.39, 0.29) is 29.6 Å². The number of carbonyl (C=O) groups excluding carboxylic acids is 1. The van der Waals surface area contributed by atoms with Crippen molar-refractivity contribution in [1.82, 2.24) is 10.2 Å². The summed E-state index contributed by atoms with van der Waals surface area (Å²) in [5, 5.41) is 14.5. The predicted octanol–water partition coefficient (Wildman–Crippen LogP) is 2.63. The van der Waals surface area contributed by atoms with Gasteiger partial charge >= 0.3 is 0 Å². The number of halogens is 1. The lowest BCUT2D eigenvalue weighted by atomic mass is 10.0. The molecular formula is C17H24ClN3O4. The monoisotopic (exact) mass is 369 g/mol. The van der Waals surface area contributed by atoms with Crippen LogP contribution in [0.25, 0.3) is 0 Å². The van der Waals surface area contributed by atoms with E-state index in [0.717, 1.165) is 25.3 Å². The summed E-state index contributed by atoms with van der Waals surface area (Å²) in [6, 6.07) is 4.60. The van der Waals surface area contributed by atoms with E-state index in [9.17, 15) is 14.9 Å². The van der Waals surface area contributed by atoms with E-state index in [1.807, 2.05) is 0 Å². The first kappa shape index (κ1) is 19.5. The zero-order valence-corrected chi connectivity index (χ0v) is 15.1. The molecule has 138 valence electrons. The van der Waals surface area contributed by atoms with Gasteiger partial charge in [0, 0.05) is 31.3 Å². The molecule has 0 radical (unpaired) electrons. The van der Waals surface area contributed by atoms with Gasteiger partial charge in [0.2, 0.25) is 0 Å². The number of nitro groups is 1. The van der Waals surface area contributed by atoms with Crippen LogP contribution in [0.3, 0.4) is 0 Å². The Morgan fingerprint density at radius 1 is 1.32 bits per heavy atom. The zero-order chi connectivity index (χ0) is 17.1. The van der Waals surface area contributed by atoms with Crippen LogP contribution in [0.4, 0.5) is 5.69 Å². The van der Waals surface area contributed by atoms with Crippen LogP contribution in [0.2, 0.25) is 0 Å². The standard InChI is InChI=1S/C17H23N3O4.ClH/c1-24-16-5-4-14(20(22)23)10-15(16)17(21)19-8-6-13(7-9-19)18-11-12-2-3-12;/h4-5,10,12-13,18H,2-3,6-9,11H2,1H3;1H. The van der Waals surface area contributed by atoms with Crippen LogP contribution in [-0.4, -0.2) is 48.5 Å². The highest BCUT2D eigenvalue weighted by Gasteiger charge is 2.28. The molecule has 2 fully saturated rings. The van der Waals surface area contributed by atoms with Crippen LogP contribution in [0.1, 0.15) is 36.0 Å². The Labute approximate surface area is 153 Å². The topological polar surface area (TPSA) is 84.7 Å². The summed E-state index contributed by atoms with van der Waals surface area (Å²) >= 11 is 0. The number of carbonyl (C=O) groups is 1. The number of piperidine rings is 1. The molecule has 25 heavy (non-hydrogen) atoms. The minimum Gasteiger partial charge on any atom is -0.496 e. The maximum Gasteiger partial charge on any atom is 0.270 e. The Morgan fingerprint density at radius 2 is 2.00 bits per heavy atom. The molecule has 1 saturated carbocycles. The summed E-state index contributed by atoms with van der Waals surface area (Å²) in [5.74, 6) is 1.02. The van der Waals surface area contributed by atoms with Gasteiger partial charge < -0.3 is 15.0 Å². The van der Waals surface area contributed by atoms with Crippen molar-refractivity contribution in [3.8, 4) is 5.75 Å². The number of ether oxygens (including phenoxy) is 1. The first-order valence-corrected chi connectivity index (χ1v) is 8.43. The Balaban J connectivity index is 0.00000225. The minimum atomic E-state index is -0.496. The molecule has 0 aromatic heterocycles. The second-order valence-electron chi connectivity index (χ2n) is 6.56. The van der Waals surface area contributed by atoms with E-state index in [0.29, 0.717) is 24.9 Å². The van der Waals surface area contributed by atoms with Crippen molar-refractivity contribution >= 4 is 24.0 Å². The number of nitrogens with one attached hydrogen (secondary N) is 1. The van der Waals surface area contributed by atoms with Gasteiger partial charge in [0.1, 0.15) is 5.75 Å². The van der Waals surface area contributed by atoms with Crippen molar-refractivity contribution in [2.24, 2.45) is 5.92 Å². The molecule has 1 aromatic rings. The van der Waals surface area contributed by atoms with Gasteiger partial charge in [-0.1, -0.05) is 0 Å². The molecule has 0 bridgehead atoms. The number of nitro benzene ring substituents is 1. The number of likely N-dealkylation sites (tertiary alicyclic amines) is 1.